The summed E-state index contributed by atoms with van der Waals surface area (Å²) < 4.78 is 56.7. The van der Waals surface area contributed by atoms with E-state index in [1.807, 2.05) is 11.9 Å². The largest absolute Gasteiger partial charge is 0.470 e. The average Bonchev–Trinajstić information content (AvgIpc) is 3.19. The monoisotopic (exact) mass is 501 g/mol. The number of rotatable bonds is 10. The molecule has 9 nitrogen and oxygen atoms in total. The van der Waals surface area contributed by atoms with E-state index in [2.05, 4.69) is 10.6 Å². The van der Waals surface area contributed by atoms with Crippen molar-refractivity contribution >= 4 is 54.5 Å². The Balaban J connectivity index is 1.46. The van der Waals surface area contributed by atoms with E-state index in [0.29, 0.717) is 52.2 Å². The number of nitrogens with one attached hydrogen (secondary N) is 2. The Morgan fingerprint density at radius 1 is 0.867 bits per heavy atom. The molecule has 2 fully saturated rings. The van der Waals surface area contributed by atoms with Crippen molar-refractivity contribution in [3.8, 4) is 0 Å². The molecular formula is C17H31N3O6S4. The molecule has 0 aromatic carbocycles. The summed E-state index contributed by atoms with van der Waals surface area (Å²) >= 11 is 10.2. The highest BCUT2D eigenvalue weighted by atomic mass is 32.2. The molecule has 30 heavy (non-hydrogen) atoms. The molecule has 0 aromatic heterocycles. The van der Waals surface area contributed by atoms with Gasteiger partial charge in [0.25, 0.3) is 10.3 Å². The Morgan fingerprint density at radius 3 is 1.60 bits per heavy atom. The maximum Gasteiger partial charge on any atom is 0.256 e. The average molecular weight is 502 g/mol. The standard InChI is InChI=1S/C17H31N3O6S4/c1-20(4-6-25-16(27)18-10-14-2-8-29(21,22)12-14)5-7-26-17(28)19-11-15-3-9-30(23,24)13-15/h14-15H,2-13H2,1H3,(H,18,27)(H,19,28). The van der Waals surface area contributed by atoms with Gasteiger partial charge in [0.2, 0.25) is 0 Å². The van der Waals surface area contributed by atoms with E-state index >= 15 is 0 Å². The van der Waals surface area contributed by atoms with Gasteiger partial charge in [-0.2, -0.15) is 0 Å². The van der Waals surface area contributed by atoms with E-state index in [1.54, 1.807) is 0 Å². The lowest BCUT2D eigenvalue weighted by Crippen LogP contribution is -2.34. The fraction of sp³-hybridized carbons (Fsp3) is 0.882. The lowest BCUT2D eigenvalue weighted by Gasteiger charge is -2.19. The van der Waals surface area contributed by atoms with Crippen molar-refractivity contribution in [2.45, 2.75) is 12.8 Å². The van der Waals surface area contributed by atoms with E-state index in [9.17, 15) is 16.8 Å². The van der Waals surface area contributed by atoms with Gasteiger partial charge in [-0.15, -0.1) is 0 Å². The van der Waals surface area contributed by atoms with Crippen molar-refractivity contribution in [2.75, 3.05) is 69.5 Å². The third-order valence-electron chi connectivity index (χ3n) is 5.14. The zero-order valence-corrected chi connectivity index (χ0v) is 20.4. The first kappa shape index (κ1) is 25.5. The molecule has 0 radical (unpaired) electrons. The van der Waals surface area contributed by atoms with E-state index in [4.69, 9.17) is 33.9 Å². The van der Waals surface area contributed by atoms with Gasteiger partial charge in [0, 0.05) is 26.2 Å². The molecule has 0 aromatic rings. The zero-order valence-electron chi connectivity index (χ0n) is 17.2. The van der Waals surface area contributed by atoms with Gasteiger partial charge in [-0.25, -0.2) is 16.8 Å². The normalized spacial score (nSPS) is 24.5. The van der Waals surface area contributed by atoms with Crippen molar-refractivity contribution in [3.63, 3.8) is 0 Å². The molecule has 13 heteroatoms. The minimum absolute atomic E-state index is 0.0897. The molecule has 0 amide bonds. The van der Waals surface area contributed by atoms with Crippen LogP contribution >= 0.6 is 24.4 Å². The summed E-state index contributed by atoms with van der Waals surface area (Å²) in [6, 6.07) is 0. The summed E-state index contributed by atoms with van der Waals surface area (Å²) in [5.74, 6) is 1.10. The number of ether oxygens (including phenoxy) is 2. The Hall–Kier alpha value is -0.760. The number of sulfone groups is 2. The maximum atomic E-state index is 11.4. The Kier molecular flexibility index (Phi) is 9.98. The van der Waals surface area contributed by atoms with E-state index in [-0.39, 0.29) is 45.2 Å². The third-order valence-corrected chi connectivity index (χ3v) is 9.33. The first-order chi connectivity index (χ1) is 14.0. The predicted molar refractivity (Wildman–Crippen MR) is 124 cm³/mol. The predicted octanol–water partition coefficient (Wildman–Crippen LogP) is -0.430. The first-order valence-corrected chi connectivity index (χ1v) is 14.4. The summed E-state index contributed by atoms with van der Waals surface area (Å²) in [5, 5.41) is 6.51. The molecule has 0 bridgehead atoms. The molecule has 2 rings (SSSR count). The van der Waals surface area contributed by atoms with E-state index in [0.717, 1.165) is 0 Å². The highest BCUT2D eigenvalue weighted by Crippen LogP contribution is 2.18. The summed E-state index contributed by atoms with van der Waals surface area (Å²) in [6.07, 6.45) is 1.33. The smallest absolute Gasteiger partial charge is 0.256 e. The Bertz CT molecular complexity index is 736. The van der Waals surface area contributed by atoms with Gasteiger partial charge in [0.1, 0.15) is 13.2 Å². The fourth-order valence-electron chi connectivity index (χ4n) is 3.32. The van der Waals surface area contributed by atoms with Gasteiger partial charge in [-0.1, -0.05) is 0 Å². The molecule has 2 aliphatic heterocycles. The second kappa shape index (κ2) is 11.7. The summed E-state index contributed by atoms with van der Waals surface area (Å²) in [4.78, 5) is 2.01. The van der Waals surface area contributed by atoms with Gasteiger partial charge >= 0.3 is 0 Å². The number of likely N-dealkylation sites (N-methyl/N-ethyl adjacent to an activating group) is 1. The summed E-state index contributed by atoms with van der Waals surface area (Å²) in [5.41, 5.74) is 0. The molecule has 0 spiro atoms. The zero-order chi connectivity index (χ0) is 22.2. The van der Waals surface area contributed by atoms with Gasteiger partial charge in [0.15, 0.2) is 19.7 Å². The van der Waals surface area contributed by atoms with Crippen LogP contribution in [0.2, 0.25) is 0 Å². The molecule has 2 saturated heterocycles. The Morgan fingerprint density at radius 2 is 1.27 bits per heavy atom. The Labute approximate surface area is 190 Å². The number of nitrogens with zero attached hydrogens (tertiary/aromatic N) is 1. The van der Waals surface area contributed by atoms with Crippen molar-refractivity contribution < 1.29 is 26.3 Å². The topological polar surface area (TPSA) is 114 Å². The highest BCUT2D eigenvalue weighted by molar-refractivity contribution is 7.91. The number of hydrogen-bond acceptors (Lipinski definition) is 9. The van der Waals surface area contributed by atoms with Gasteiger partial charge in [0.05, 0.1) is 23.0 Å². The molecule has 2 unspecified atom stereocenters. The minimum Gasteiger partial charge on any atom is -0.470 e. The molecule has 2 heterocycles. The number of thiocarbonyl (C=S) groups is 2. The quantitative estimate of drug-likeness (QED) is 0.380. The minimum atomic E-state index is -2.88. The van der Waals surface area contributed by atoms with Crippen LogP contribution in [0.5, 0.6) is 0 Å². The lowest BCUT2D eigenvalue weighted by molar-refractivity contribution is 0.190. The SMILES string of the molecule is CN(CCOC(=S)NCC1CCS(=O)(=O)C1)CCOC(=S)NCC1CCS(=O)(=O)C1. The third kappa shape index (κ3) is 10.0. The molecule has 0 saturated carbocycles. The number of hydrogen-bond donors (Lipinski definition) is 2. The van der Waals surface area contributed by atoms with Crippen LogP contribution in [0.25, 0.3) is 0 Å². The second-order valence-electron chi connectivity index (χ2n) is 7.88. The van der Waals surface area contributed by atoms with Crippen molar-refractivity contribution in [2.24, 2.45) is 11.8 Å². The lowest BCUT2D eigenvalue weighted by atomic mass is 10.1. The van der Waals surface area contributed by atoms with Crippen LogP contribution in [0, 0.1) is 11.8 Å². The molecular weight excluding hydrogens is 470 g/mol. The maximum absolute atomic E-state index is 11.4. The molecule has 2 N–H and O–H groups in total. The van der Waals surface area contributed by atoms with Gasteiger partial charge in [-0.05, 0) is 56.2 Å². The van der Waals surface area contributed by atoms with Gasteiger partial charge in [-0.3, -0.25) is 4.90 Å². The van der Waals surface area contributed by atoms with Crippen LogP contribution < -0.4 is 10.6 Å². The van der Waals surface area contributed by atoms with Crippen LogP contribution in [0.3, 0.4) is 0 Å². The van der Waals surface area contributed by atoms with Gasteiger partial charge < -0.3 is 20.1 Å². The summed E-state index contributed by atoms with van der Waals surface area (Å²) in [6.45, 7) is 3.12. The molecule has 174 valence electrons. The van der Waals surface area contributed by atoms with Crippen molar-refractivity contribution in [3.05, 3.63) is 0 Å². The van der Waals surface area contributed by atoms with Crippen molar-refractivity contribution in [1.29, 1.82) is 0 Å². The van der Waals surface area contributed by atoms with Crippen LogP contribution in [-0.2, 0) is 29.1 Å². The molecule has 2 aliphatic rings. The summed E-state index contributed by atoms with van der Waals surface area (Å²) in [7, 11) is -3.84. The van der Waals surface area contributed by atoms with E-state index in [1.165, 1.54) is 0 Å². The van der Waals surface area contributed by atoms with Crippen molar-refractivity contribution in [1.82, 2.24) is 15.5 Å². The van der Waals surface area contributed by atoms with Crippen LogP contribution in [-0.4, -0.2) is 102 Å². The van der Waals surface area contributed by atoms with Crippen LogP contribution in [0.15, 0.2) is 0 Å². The van der Waals surface area contributed by atoms with Crippen LogP contribution in [0.1, 0.15) is 12.8 Å². The fourth-order valence-corrected chi connectivity index (χ4v) is 7.38. The molecule has 0 aliphatic carbocycles. The highest BCUT2D eigenvalue weighted by Gasteiger charge is 2.28. The second-order valence-corrected chi connectivity index (χ2v) is 13.1. The van der Waals surface area contributed by atoms with E-state index < -0.39 is 19.7 Å². The molecule has 2 atom stereocenters. The van der Waals surface area contributed by atoms with Crippen LogP contribution in [0.4, 0.5) is 0 Å². The first-order valence-electron chi connectivity index (χ1n) is 9.95.